The number of nitrogens with two attached hydrogens (primary N) is 1. The van der Waals surface area contributed by atoms with E-state index in [0.717, 1.165) is 25.4 Å². The van der Waals surface area contributed by atoms with Crippen LogP contribution >= 0.6 is 0 Å². The van der Waals surface area contributed by atoms with Crippen molar-refractivity contribution in [3.8, 4) is 0 Å². The van der Waals surface area contributed by atoms with E-state index in [1.807, 2.05) is 0 Å². The Bertz CT molecular complexity index is 227. The summed E-state index contributed by atoms with van der Waals surface area (Å²) in [5.74, 6) is 5.78. The molecule has 1 fully saturated rings. The van der Waals surface area contributed by atoms with Crippen LogP contribution in [-0.2, 0) is 4.79 Å². The van der Waals surface area contributed by atoms with Gasteiger partial charge >= 0.3 is 0 Å². The first-order valence-corrected chi connectivity index (χ1v) is 6.48. The summed E-state index contributed by atoms with van der Waals surface area (Å²) < 4.78 is 0. The van der Waals surface area contributed by atoms with Crippen molar-refractivity contribution in [2.45, 2.75) is 25.7 Å². The standard InChI is InChI=1S/C12H26N4O/c1-15-8-5-11(6-9-15)10-16(2)7-3-4-12(17)14-13/h11H,3-10,13H2,1-2H3,(H,14,17). The van der Waals surface area contributed by atoms with Gasteiger partial charge in [0.1, 0.15) is 0 Å². The van der Waals surface area contributed by atoms with Crippen LogP contribution in [0.15, 0.2) is 0 Å². The Morgan fingerprint density at radius 3 is 2.71 bits per heavy atom. The van der Waals surface area contributed by atoms with Crippen molar-refractivity contribution >= 4 is 5.91 Å². The minimum absolute atomic E-state index is 0.0716. The minimum atomic E-state index is -0.0716. The Balaban J connectivity index is 2.08. The second kappa shape index (κ2) is 7.63. The first-order valence-electron chi connectivity index (χ1n) is 6.48. The summed E-state index contributed by atoms with van der Waals surface area (Å²) in [7, 11) is 4.32. The van der Waals surface area contributed by atoms with Gasteiger partial charge in [0.15, 0.2) is 0 Å². The summed E-state index contributed by atoms with van der Waals surface area (Å²) >= 11 is 0. The van der Waals surface area contributed by atoms with Crippen molar-refractivity contribution in [3.05, 3.63) is 0 Å². The third-order valence-electron chi connectivity index (χ3n) is 3.51. The van der Waals surface area contributed by atoms with E-state index in [1.165, 1.54) is 25.9 Å². The van der Waals surface area contributed by atoms with E-state index in [2.05, 4.69) is 29.3 Å². The van der Waals surface area contributed by atoms with Gasteiger partial charge in [-0.2, -0.15) is 0 Å². The van der Waals surface area contributed by atoms with Gasteiger partial charge in [0.25, 0.3) is 0 Å². The van der Waals surface area contributed by atoms with Crippen molar-refractivity contribution in [3.63, 3.8) is 0 Å². The molecule has 0 saturated carbocycles. The largest absolute Gasteiger partial charge is 0.306 e. The molecule has 0 atom stereocenters. The summed E-state index contributed by atoms with van der Waals surface area (Å²) in [4.78, 5) is 15.7. The smallest absolute Gasteiger partial charge is 0.233 e. The van der Waals surface area contributed by atoms with Crippen molar-refractivity contribution in [1.29, 1.82) is 0 Å². The maximum Gasteiger partial charge on any atom is 0.233 e. The van der Waals surface area contributed by atoms with Gasteiger partial charge in [-0.15, -0.1) is 0 Å². The number of amides is 1. The van der Waals surface area contributed by atoms with Crippen LogP contribution in [0.1, 0.15) is 25.7 Å². The molecule has 1 saturated heterocycles. The van der Waals surface area contributed by atoms with Crippen molar-refractivity contribution in [2.75, 3.05) is 40.3 Å². The molecule has 1 heterocycles. The number of nitrogens with one attached hydrogen (secondary N) is 1. The van der Waals surface area contributed by atoms with E-state index in [4.69, 9.17) is 5.84 Å². The predicted octanol–water partition coefficient (Wildman–Crippen LogP) is 0.0301. The normalized spacial score (nSPS) is 18.6. The number of hydrogen-bond acceptors (Lipinski definition) is 4. The molecule has 1 aliphatic rings. The van der Waals surface area contributed by atoms with E-state index >= 15 is 0 Å². The third kappa shape index (κ3) is 6.00. The van der Waals surface area contributed by atoms with Gasteiger partial charge in [-0.3, -0.25) is 10.2 Å². The lowest BCUT2D eigenvalue weighted by atomic mass is 9.96. The minimum Gasteiger partial charge on any atom is -0.306 e. The fourth-order valence-corrected chi connectivity index (χ4v) is 2.36. The number of carbonyl (C=O) groups is 1. The van der Waals surface area contributed by atoms with Crippen LogP contribution in [-0.4, -0.2) is 56.0 Å². The molecule has 5 nitrogen and oxygen atoms in total. The predicted molar refractivity (Wildman–Crippen MR) is 69.3 cm³/mol. The topological polar surface area (TPSA) is 61.6 Å². The number of carbonyl (C=O) groups excluding carboxylic acids is 1. The van der Waals surface area contributed by atoms with Gasteiger partial charge in [0.2, 0.25) is 5.91 Å². The summed E-state index contributed by atoms with van der Waals surface area (Å²) in [6.45, 7) is 4.56. The molecule has 0 unspecified atom stereocenters. The van der Waals surface area contributed by atoms with Crippen LogP contribution in [0, 0.1) is 5.92 Å². The van der Waals surface area contributed by atoms with Gasteiger partial charge in [-0.25, -0.2) is 5.84 Å². The van der Waals surface area contributed by atoms with Crippen molar-refractivity contribution in [2.24, 2.45) is 11.8 Å². The Kier molecular flexibility index (Phi) is 6.47. The zero-order chi connectivity index (χ0) is 12.7. The van der Waals surface area contributed by atoms with Crippen LogP contribution < -0.4 is 11.3 Å². The van der Waals surface area contributed by atoms with Crippen LogP contribution in [0.3, 0.4) is 0 Å². The Morgan fingerprint density at radius 1 is 1.47 bits per heavy atom. The molecule has 0 aromatic heterocycles. The molecule has 17 heavy (non-hydrogen) atoms. The lowest BCUT2D eigenvalue weighted by molar-refractivity contribution is -0.121. The summed E-state index contributed by atoms with van der Waals surface area (Å²) in [6, 6.07) is 0. The van der Waals surface area contributed by atoms with Crippen LogP contribution in [0.2, 0.25) is 0 Å². The quantitative estimate of drug-likeness (QED) is 0.392. The van der Waals surface area contributed by atoms with Gasteiger partial charge in [0, 0.05) is 13.0 Å². The van der Waals surface area contributed by atoms with Gasteiger partial charge in [0.05, 0.1) is 0 Å². The van der Waals surface area contributed by atoms with E-state index in [0.29, 0.717) is 6.42 Å². The van der Waals surface area contributed by atoms with Crippen molar-refractivity contribution in [1.82, 2.24) is 15.2 Å². The fourth-order valence-electron chi connectivity index (χ4n) is 2.36. The van der Waals surface area contributed by atoms with Crippen molar-refractivity contribution < 1.29 is 4.79 Å². The maximum atomic E-state index is 11.0. The molecule has 3 N–H and O–H groups in total. The summed E-state index contributed by atoms with van der Waals surface area (Å²) in [6.07, 6.45) is 3.99. The van der Waals surface area contributed by atoms with Crippen LogP contribution in [0.4, 0.5) is 0 Å². The molecule has 0 bridgehead atoms. The first-order chi connectivity index (χ1) is 8.11. The monoisotopic (exact) mass is 242 g/mol. The lowest BCUT2D eigenvalue weighted by Crippen LogP contribution is -2.36. The zero-order valence-electron chi connectivity index (χ0n) is 11.1. The van der Waals surface area contributed by atoms with Gasteiger partial charge in [-0.05, 0) is 58.9 Å². The average molecular weight is 242 g/mol. The zero-order valence-corrected chi connectivity index (χ0v) is 11.1. The number of hydrazine groups is 1. The number of piperidine rings is 1. The Hall–Kier alpha value is -0.650. The molecule has 1 rings (SSSR count). The van der Waals surface area contributed by atoms with E-state index in [1.54, 1.807) is 0 Å². The van der Waals surface area contributed by atoms with Crippen LogP contribution in [0.5, 0.6) is 0 Å². The molecule has 0 aromatic carbocycles. The second-order valence-electron chi connectivity index (χ2n) is 5.18. The number of nitrogens with zero attached hydrogens (tertiary/aromatic N) is 2. The van der Waals surface area contributed by atoms with E-state index in [-0.39, 0.29) is 5.91 Å². The molecule has 100 valence electrons. The highest BCUT2D eigenvalue weighted by molar-refractivity contribution is 5.75. The molecule has 0 spiro atoms. The van der Waals surface area contributed by atoms with Gasteiger partial charge < -0.3 is 9.80 Å². The molecular formula is C12H26N4O. The number of likely N-dealkylation sites (tertiary alicyclic amines) is 1. The second-order valence-corrected chi connectivity index (χ2v) is 5.18. The highest BCUT2D eigenvalue weighted by Gasteiger charge is 2.17. The fraction of sp³-hybridized carbons (Fsp3) is 0.917. The summed E-state index contributed by atoms with van der Waals surface area (Å²) in [5, 5.41) is 0. The molecule has 0 aromatic rings. The highest BCUT2D eigenvalue weighted by atomic mass is 16.2. The molecule has 5 heteroatoms. The molecule has 1 amide bonds. The highest BCUT2D eigenvalue weighted by Crippen LogP contribution is 2.16. The first kappa shape index (κ1) is 14.4. The summed E-state index contributed by atoms with van der Waals surface area (Å²) in [5.41, 5.74) is 2.16. The Morgan fingerprint density at radius 2 is 2.12 bits per heavy atom. The Labute approximate surface area is 104 Å². The molecule has 1 aliphatic heterocycles. The van der Waals surface area contributed by atoms with Gasteiger partial charge in [-0.1, -0.05) is 0 Å². The average Bonchev–Trinajstić information content (AvgIpc) is 2.32. The molecule has 0 aliphatic carbocycles. The lowest BCUT2D eigenvalue weighted by Gasteiger charge is -2.31. The van der Waals surface area contributed by atoms with Crippen LogP contribution in [0.25, 0.3) is 0 Å². The SMILES string of the molecule is CN1CCC(CN(C)CCCC(=O)NN)CC1. The molecular weight excluding hydrogens is 216 g/mol. The maximum absolute atomic E-state index is 11.0. The number of hydrogen-bond donors (Lipinski definition) is 2. The van der Waals surface area contributed by atoms with E-state index in [9.17, 15) is 4.79 Å². The number of rotatable bonds is 6. The third-order valence-corrected chi connectivity index (χ3v) is 3.51. The van der Waals surface area contributed by atoms with E-state index < -0.39 is 0 Å². The molecule has 0 radical (unpaired) electrons.